The van der Waals surface area contributed by atoms with Gasteiger partial charge in [-0.1, -0.05) is 43.3 Å². The minimum absolute atomic E-state index is 0.249. The van der Waals surface area contributed by atoms with E-state index in [1.54, 1.807) is 19.5 Å². The van der Waals surface area contributed by atoms with Crippen molar-refractivity contribution in [1.29, 1.82) is 0 Å². The van der Waals surface area contributed by atoms with E-state index in [0.717, 1.165) is 28.1 Å². The lowest BCUT2D eigenvalue weighted by Gasteiger charge is -2.34. The Kier molecular flexibility index (Phi) is 5.31. The molecule has 4 aromatic rings. The van der Waals surface area contributed by atoms with Crippen LogP contribution in [0.4, 0.5) is 0 Å². The Labute approximate surface area is 176 Å². The summed E-state index contributed by atoms with van der Waals surface area (Å²) in [5, 5.41) is 3.88. The van der Waals surface area contributed by atoms with Gasteiger partial charge in [-0.05, 0) is 42.2 Å². The van der Waals surface area contributed by atoms with Gasteiger partial charge in [0.25, 0.3) is 0 Å². The average Bonchev–Trinajstić information content (AvgIpc) is 3.34. The van der Waals surface area contributed by atoms with Crippen LogP contribution in [0.25, 0.3) is 22.5 Å². The highest BCUT2D eigenvalue weighted by Gasteiger charge is 2.34. The standard InChI is InChI=1S/C24H24N4O2/c1-16(2)24(3,22-10-7-18(13-26-22)23-27-15-30-28-23)20-8-5-17(6-9-20)19-11-21(29-4)14-25-12-19/h5-16H,1-4H3. The number of rotatable bonds is 6. The second-order valence-electron chi connectivity index (χ2n) is 7.73. The third-order valence-electron chi connectivity index (χ3n) is 5.84. The smallest absolute Gasteiger partial charge is 0.214 e. The molecule has 0 bridgehead atoms. The molecule has 0 aliphatic heterocycles. The summed E-state index contributed by atoms with van der Waals surface area (Å²) < 4.78 is 10.1. The summed E-state index contributed by atoms with van der Waals surface area (Å²) in [7, 11) is 1.65. The summed E-state index contributed by atoms with van der Waals surface area (Å²) in [6.45, 7) is 6.67. The first-order chi connectivity index (χ1) is 14.5. The lowest BCUT2D eigenvalue weighted by molar-refractivity contribution is 0.395. The van der Waals surface area contributed by atoms with Crippen LogP contribution in [-0.2, 0) is 5.41 Å². The van der Waals surface area contributed by atoms with E-state index in [1.165, 1.54) is 12.0 Å². The first-order valence-electron chi connectivity index (χ1n) is 9.85. The van der Waals surface area contributed by atoms with Crippen molar-refractivity contribution < 1.29 is 9.26 Å². The predicted molar refractivity (Wildman–Crippen MR) is 115 cm³/mol. The van der Waals surface area contributed by atoms with Crippen molar-refractivity contribution in [2.24, 2.45) is 5.92 Å². The van der Waals surface area contributed by atoms with Crippen molar-refractivity contribution >= 4 is 0 Å². The molecule has 1 unspecified atom stereocenters. The van der Waals surface area contributed by atoms with Crippen LogP contribution in [0.5, 0.6) is 5.75 Å². The molecule has 0 aliphatic rings. The number of pyridine rings is 2. The molecule has 3 heterocycles. The Morgan fingerprint density at radius 2 is 1.67 bits per heavy atom. The van der Waals surface area contributed by atoms with Crippen LogP contribution in [0.2, 0.25) is 0 Å². The molecule has 0 aliphatic carbocycles. The molecule has 0 saturated carbocycles. The molecule has 30 heavy (non-hydrogen) atoms. The van der Waals surface area contributed by atoms with Crippen LogP contribution < -0.4 is 4.74 Å². The molecule has 0 fully saturated rings. The maximum Gasteiger partial charge on any atom is 0.214 e. The van der Waals surface area contributed by atoms with Gasteiger partial charge in [0.05, 0.1) is 19.0 Å². The number of aromatic nitrogens is 4. The van der Waals surface area contributed by atoms with Gasteiger partial charge >= 0.3 is 0 Å². The van der Waals surface area contributed by atoms with Gasteiger partial charge in [0, 0.05) is 28.9 Å². The first kappa shape index (κ1) is 19.8. The van der Waals surface area contributed by atoms with Crippen molar-refractivity contribution in [3.05, 3.63) is 78.7 Å². The highest BCUT2D eigenvalue weighted by Crippen LogP contribution is 2.39. The van der Waals surface area contributed by atoms with Crippen LogP contribution >= 0.6 is 0 Å². The fraction of sp³-hybridized carbons (Fsp3) is 0.250. The minimum Gasteiger partial charge on any atom is -0.495 e. The van der Waals surface area contributed by atoms with Crippen LogP contribution in [0, 0.1) is 5.92 Å². The molecule has 0 N–H and O–H groups in total. The van der Waals surface area contributed by atoms with Crippen LogP contribution in [0.3, 0.4) is 0 Å². The number of hydrogen-bond donors (Lipinski definition) is 0. The van der Waals surface area contributed by atoms with Gasteiger partial charge in [0.1, 0.15) is 5.75 Å². The zero-order chi connectivity index (χ0) is 21.1. The van der Waals surface area contributed by atoms with Crippen molar-refractivity contribution in [3.63, 3.8) is 0 Å². The van der Waals surface area contributed by atoms with E-state index in [0.29, 0.717) is 11.7 Å². The number of benzene rings is 1. The third kappa shape index (κ3) is 3.56. The highest BCUT2D eigenvalue weighted by atomic mass is 16.5. The molecule has 0 radical (unpaired) electrons. The van der Waals surface area contributed by atoms with E-state index in [2.05, 4.69) is 60.2 Å². The fourth-order valence-corrected chi connectivity index (χ4v) is 3.61. The molecular formula is C24H24N4O2. The molecule has 6 heteroatoms. The quantitative estimate of drug-likeness (QED) is 0.445. The first-order valence-corrected chi connectivity index (χ1v) is 9.85. The van der Waals surface area contributed by atoms with Crippen molar-refractivity contribution in [2.75, 3.05) is 7.11 Å². The van der Waals surface area contributed by atoms with Crippen LogP contribution in [-0.4, -0.2) is 27.2 Å². The SMILES string of the molecule is COc1cncc(-c2ccc(C(C)(c3ccc(-c4ncon4)cn3)C(C)C)cc2)c1. The molecule has 0 spiro atoms. The number of ether oxygens (including phenoxy) is 1. The summed E-state index contributed by atoms with van der Waals surface area (Å²) in [5.74, 6) is 1.62. The normalized spacial score (nSPS) is 13.2. The second kappa shape index (κ2) is 8.06. The van der Waals surface area contributed by atoms with E-state index >= 15 is 0 Å². The maximum absolute atomic E-state index is 5.29. The monoisotopic (exact) mass is 400 g/mol. The van der Waals surface area contributed by atoms with Crippen molar-refractivity contribution in [1.82, 2.24) is 20.1 Å². The summed E-state index contributed by atoms with van der Waals surface area (Å²) in [6.07, 6.45) is 6.67. The summed E-state index contributed by atoms with van der Waals surface area (Å²) in [6, 6.07) is 14.6. The molecule has 0 amide bonds. The molecule has 6 nitrogen and oxygen atoms in total. The molecule has 1 atom stereocenters. The van der Waals surface area contributed by atoms with Crippen LogP contribution in [0.1, 0.15) is 32.0 Å². The molecule has 1 aromatic carbocycles. The van der Waals surface area contributed by atoms with Crippen molar-refractivity contribution in [3.8, 4) is 28.3 Å². The van der Waals surface area contributed by atoms with Crippen LogP contribution in [0.15, 0.2) is 72.0 Å². The topological polar surface area (TPSA) is 73.9 Å². The summed E-state index contributed by atoms with van der Waals surface area (Å²) >= 11 is 0. The molecule has 3 aromatic heterocycles. The van der Waals surface area contributed by atoms with Gasteiger partial charge in [-0.15, -0.1) is 0 Å². The second-order valence-corrected chi connectivity index (χ2v) is 7.73. The Bertz CT molecular complexity index is 1110. The lowest BCUT2D eigenvalue weighted by atomic mass is 9.70. The minimum atomic E-state index is -0.249. The Balaban J connectivity index is 1.68. The molecule has 4 rings (SSSR count). The Morgan fingerprint density at radius 3 is 2.27 bits per heavy atom. The lowest BCUT2D eigenvalue weighted by Crippen LogP contribution is -2.31. The zero-order valence-corrected chi connectivity index (χ0v) is 17.5. The maximum atomic E-state index is 5.29. The van der Waals surface area contributed by atoms with E-state index in [9.17, 15) is 0 Å². The van der Waals surface area contributed by atoms with Gasteiger partial charge < -0.3 is 9.26 Å². The molecule has 0 saturated heterocycles. The number of hydrogen-bond acceptors (Lipinski definition) is 6. The Morgan fingerprint density at radius 1 is 0.900 bits per heavy atom. The summed E-state index contributed by atoms with van der Waals surface area (Å²) in [4.78, 5) is 13.1. The molecular weight excluding hydrogens is 376 g/mol. The van der Waals surface area contributed by atoms with E-state index in [4.69, 9.17) is 14.2 Å². The van der Waals surface area contributed by atoms with Gasteiger partial charge in [-0.2, -0.15) is 4.98 Å². The largest absolute Gasteiger partial charge is 0.495 e. The van der Waals surface area contributed by atoms with E-state index < -0.39 is 0 Å². The molecule has 152 valence electrons. The van der Waals surface area contributed by atoms with Gasteiger partial charge in [0.2, 0.25) is 12.2 Å². The third-order valence-corrected chi connectivity index (χ3v) is 5.84. The number of nitrogens with zero attached hydrogens (tertiary/aromatic N) is 4. The highest BCUT2D eigenvalue weighted by molar-refractivity contribution is 5.64. The van der Waals surface area contributed by atoms with Gasteiger partial charge in [0.15, 0.2) is 0 Å². The van der Waals surface area contributed by atoms with Gasteiger partial charge in [-0.25, -0.2) is 0 Å². The number of methoxy groups -OCH3 is 1. The zero-order valence-electron chi connectivity index (χ0n) is 17.5. The van der Waals surface area contributed by atoms with Crippen molar-refractivity contribution in [2.45, 2.75) is 26.2 Å². The van der Waals surface area contributed by atoms with E-state index in [1.807, 2.05) is 24.4 Å². The van der Waals surface area contributed by atoms with Gasteiger partial charge in [-0.3, -0.25) is 9.97 Å². The summed E-state index contributed by atoms with van der Waals surface area (Å²) in [5.41, 5.74) is 4.91. The van der Waals surface area contributed by atoms with E-state index in [-0.39, 0.29) is 5.41 Å². The average molecular weight is 400 g/mol. The fourth-order valence-electron chi connectivity index (χ4n) is 3.61. The predicted octanol–water partition coefficient (Wildman–Crippen LogP) is 5.16. The Hall–Kier alpha value is -3.54.